The molecule has 1 aromatic rings. The number of hydrogen-bond acceptors (Lipinski definition) is 5. The summed E-state index contributed by atoms with van der Waals surface area (Å²) in [4.78, 5) is 26.7. The summed E-state index contributed by atoms with van der Waals surface area (Å²) in [5, 5.41) is 0. The van der Waals surface area contributed by atoms with Crippen LogP contribution in [0, 0.1) is 0 Å². The zero-order valence-corrected chi connectivity index (χ0v) is 17.5. The Bertz CT molecular complexity index is 794. The van der Waals surface area contributed by atoms with E-state index in [1.807, 2.05) is 0 Å². The maximum absolute atomic E-state index is 13.0. The van der Waals surface area contributed by atoms with Gasteiger partial charge in [0.1, 0.15) is 6.04 Å². The maximum atomic E-state index is 13.0. The van der Waals surface area contributed by atoms with Gasteiger partial charge >= 0.3 is 5.97 Å². The van der Waals surface area contributed by atoms with Gasteiger partial charge in [0.2, 0.25) is 10.0 Å². The van der Waals surface area contributed by atoms with E-state index in [0.717, 1.165) is 17.1 Å². The molecule has 9 heteroatoms. The first kappa shape index (κ1) is 20.9. The van der Waals surface area contributed by atoms with Crippen LogP contribution in [0.2, 0.25) is 0 Å². The number of carbonyl (C=O) groups excluding carboxylic acids is 2. The van der Waals surface area contributed by atoms with Gasteiger partial charge in [-0.3, -0.25) is 4.79 Å². The van der Waals surface area contributed by atoms with Crippen LogP contribution in [0.3, 0.4) is 0 Å². The fourth-order valence-corrected chi connectivity index (χ4v) is 4.70. The molecule has 1 atom stereocenters. The molecule has 0 N–H and O–H groups in total. The highest BCUT2D eigenvalue weighted by Crippen LogP contribution is 2.27. The van der Waals surface area contributed by atoms with E-state index in [1.54, 1.807) is 13.0 Å². The Labute approximate surface area is 162 Å². The first-order chi connectivity index (χ1) is 12.2. The first-order valence-electron chi connectivity index (χ1n) is 8.39. The number of likely N-dealkylation sites (tertiary alicyclic amines) is 1. The fraction of sp³-hybridized carbons (Fsp3) is 0.529. The molecule has 1 saturated heterocycles. The van der Waals surface area contributed by atoms with E-state index in [4.69, 9.17) is 4.74 Å². The molecule has 0 bridgehead atoms. The second-order valence-electron chi connectivity index (χ2n) is 6.19. The molecule has 1 aliphatic rings. The molecular weight excluding hydrogens is 424 g/mol. The number of esters is 1. The van der Waals surface area contributed by atoms with E-state index in [0.29, 0.717) is 17.4 Å². The van der Waals surface area contributed by atoms with Crippen molar-refractivity contribution >= 4 is 37.8 Å². The second kappa shape index (κ2) is 8.49. The number of benzene rings is 1. The van der Waals surface area contributed by atoms with Crippen LogP contribution in [-0.4, -0.2) is 62.8 Å². The molecule has 1 heterocycles. The van der Waals surface area contributed by atoms with E-state index in [-0.39, 0.29) is 23.0 Å². The van der Waals surface area contributed by atoms with Crippen molar-refractivity contribution in [1.82, 2.24) is 9.21 Å². The van der Waals surface area contributed by atoms with Crippen molar-refractivity contribution in [2.45, 2.75) is 37.1 Å². The molecule has 0 radical (unpaired) electrons. The quantitative estimate of drug-likeness (QED) is 0.647. The van der Waals surface area contributed by atoms with Gasteiger partial charge in [-0.25, -0.2) is 17.5 Å². The predicted octanol–water partition coefficient (Wildman–Crippen LogP) is 2.26. The minimum Gasteiger partial charge on any atom is -0.464 e. The van der Waals surface area contributed by atoms with E-state index in [2.05, 4.69) is 15.9 Å². The number of ether oxygens (including phenoxy) is 1. The summed E-state index contributed by atoms with van der Waals surface area (Å²) in [6, 6.07) is 3.80. The third kappa shape index (κ3) is 4.27. The van der Waals surface area contributed by atoms with E-state index in [1.165, 1.54) is 31.1 Å². The van der Waals surface area contributed by atoms with Gasteiger partial charge in [-0.05, 0) is 60.3 Å². The third-order valence-corrected chi connectivity index (χ3v) is 7.07. The van der Waals surface area contributed by atoms with Crippen LogP contribution in [0.1, 0.15) is 36.5 Å². The molecule has 144 valence electrons. The van der Waals surface area contributed by atoms with Crippen molar-refractivity contribution in [2.24, 2.45) is 0 Å². The van der Waals surface area contributed by atoms with Crippen molar-refractivity contribution in [3.8, 4) is 0 Å². The van der Waals surface area contributed by atoms with Gasteiger partial charge in [0, 0.05) is 30.7 Å². The monoisotopic (exact) mass is 446 g/mol. The summed E-state index contributed by atoms with van der Waals surface area (Å²) < 4.78 is 31.5. The third-order valence-electron chi connectivity index (χ3n) is 4.26. The molecule has 1 amide bonds. The average Bonchev–Trinajstić information content (AvgIpc) is 2.61. The van der Waals surface area contributed by atoms with Crippen LogP contribution in [-0.2, 0) is 19.6 Å². The molecule has 0 aromatic heterocycles. The minimum absolute atomic E-state index is 0.0121. The maximum Gasteiger partial charge on any atom is 0.328 e. The van der Waals surface area contributed by atoms with Gasteiger partial charge in [-0.1, -0.05) is 0 Å². The van der Waals surface area contributed by atoms with Crippen molar-refractivity contribution in [2.75, 3.05) is 27.2 Å². The highest BCUT2D eigenvalue weighted by atomic mass is 79.9. The molecule has 0 spiro atoms. The Hall–Kier alpha value is -1.45. The van der Waals surface area contributed by atoms with Gasteiger partial charge in [-0.2, -0.15) is 0 Å². The Morgan fingerprint density at radius 3 is 2.62 bits per heavy atom. The fourth-order valence-electron chi connectivity index (χ4n) is 2.85. The average molecular weight is 447 g/mol. The van der Waals surface area contributed by atoms with E-state index < -0.39 is 22.0 Å². The Morgan fingerprint density at radius 2 is 2.00 bits per heavy atom. The zero-order chi connectivity index (χ0) is 19.5. The number of carbonyl (C=O) groups is 2. The number of hydrogen-bond donors (Lipinski definition) is 0. The number of rotatable bonds is 5. The standard InChI is InChI=1S/C17H23BrN2O5S/c1-4-25-17(22)14-7-5-6-10-20(14)16(21)12-8-9-13(18)15(11-12)26(23,24)19(2)3/h8-9,11,14H,4-7,10H2,1-3H3. The molecule has 1 unspecified atom stereocenters. The van der Waals surface area contributed by atoms with Crippen molar-refractivity contribution in [1.29, 1.82) is 0 Å². The molecule has 1 aliphatic heterocycles. The summed E-state index contributed by atoms with van der Waals surface area (Å²) >= 11 is 3.23. The van der Waals surface area contributed by atoms with Crippen LogP contribution in [0.25, 0.3) is 0 Å². The largest absolute Gasteiger partial charge is 0.464 e. The summed E-state index contributed by atoms with van der Waals surface area (Å²) in [6.45, 7) is 2.41. The molecule has 1 fully saturated rings. The van der Waals surface area contributed by atoms with Gasteiger partial charge in [0.25, 0.3) is 5.91 Å². The lowest BCUT2D eigenvalue weighted by atomic mass is 10.0. The van der Waals surface area contributed by atoms with Crippen LogP contribution < -0.4 is 0 Å². The lowest BCUT2D eigenvalue weighted by Gasteiger charge is -2.34. The number of halogens is 1. The highest BCUT2D eigenvalue weighted by Gasteiger charge is 2.34. The number of sulfonamides is 1. The molecule has 26 heavy (non-hydrogen) atoms. The Kier molecular flexibility index (Phi) is 6.81. The van der Waals surface area contributed by atoms with E-state index >= 15 is 0 Å². The Balaban J connectivity index is 2.38. The van der Waals surface area contributed by atoms with Crippen molar-refractivity contribution in [3.05, 3.63) is 28.2 Å². The predicted molar refractivity (Wildman–Crippen MR) is 100 cm³/mol. The molecule has 1 aromatic carbocycles. The molecule has 7 nitrogen and oxygen atoms in total. The number of nitrogens with zero attached hydrogens (tertiary/aromatic N) is 2. The van der Waals surface area contributed by atoms with Crippen molar-refractivity contribution < 1.29 is 22.7 Å². The normalized spacial score (nSPS) is 18.0. The highest BCUT2D eigenvalue weighted by molar-refractivity contribution is 9.10. The van der Waals surface area contributed by atoms with Gasteiger partial charge in [-0.15, -0.1) is 0 Å². The summed E-state index contributed by atoms with van der Waals surface area (Å²) in [5.41, 5.74) is 0.227. The van der Waals surface area contributed by atoms with Crippen LogP contribution >= 0.6 is 15.9 Å². The van der Waals surface area contributed by atoms with Crippen LogP contribution in [0.5, 0.6) is 0 Å². The number of amides is 1. The van der Waals surface area contributed by atoms with Crippen molar-refractivity contribution in [3.63, 3.8) is 0 Å². The lowest BCUT2D eigenvalue weighted by molar-refractivity contribution is -0.149. The molecule has 0 aliphatic carbocycles. The summed E-state index contributed by atoms with van der Waals surface area (Å²) in [5.74, 6) is -0.788. The minimum atomic E-state index is -3.71. The van der Waals surface area contributed by atoms with Crippen LogP contribution in [0.15, 0.2) is 27.6 Å². The molecule has 2 rings (SSSR count). The summed E-state index contributed by atoms with van der Waals surface area (Å²) in [7, 11) is -0.852. The smallest absolute Gasteiger partial charge is 0.328 e. The topological polar surface area (TPSA) is 84.0 Å². The first-order valence-corrected chi connectivity index (χ1v) is 10.6. The molecule has 0 saturated carbocycles. The Morgan fingerprint density at radius 1 is 1.31 bits per heavy atom. The van der Waals surface area contributed by atoms with Crippen LogP contribution in [0.4, 0.5) is 0 Å². The van der Waals surface area contributed by atoms with Gasteiger partial charge < -0.3 is 9.64 Å². The zero-order valence-electron chi connectivity index (χ0n) is 15.1. The molecular formula is C17H23BrN2O5S. The van der Waals surface area contributed by atoms with Gasteiger partial charge in [0.15, 0.2) is 0 Å². The van der Waals surface area contributed by atoms with E-state index in [9.17, 15) is 18.0 Å². The summed E-state index contributed by atoms with van der Waals surface area (Å²) in [6.07, 6.45) is 2.18. The second-order valence-corrected chi connectivity index (χ2v) is 9.17. The lowest BCUT2D eigenvalue weighted by Crippen LogP contribution is -2.48. The number of piperidine rings is 1. The van der Waals surface area contributed by atoms with Gasteiger partial charge in [0.05, 0.1) is 11.5 Å². The SMILES string of the molecule is CCOC(=O)C1CCCCN1C(=O)c1ccc(Br)c(S(=O)(=O)N(C)C)c1.